The molecule has 0 spiro atoms. The van der Waals surface area contributed by atoms with Gasteiger partial charge in [0.2, 0.25) is 0 Å². The highest BCUT2D eigenvalue weighted by Gasteiger charge is 2.30. The number of aliphatic hydroxyl groups is 1. The second-order valence-corrected chi connectivity index (χ2v) is 5.86. The van der Waals surface area contributed by atoms with Crippen LogP contribution in [0.25, 0.3) is 0 Å². The van der Waals surface area contributed by atoms with E-state index in [9.17, 15) is 9.90 Å². The van der Waals surface area contributed by atoms with E-state index in [1.165, 1.54) is 6.42 Å². The van der Waals surface area contributed by atoms with E-state index in [2.05, 4.69) is 10.3 Å². The maximum atomic E-state index is 12.2. The van der Waals surface area contributed by atoms with Crippen molar-refractivity contribution in [1.29, 1.82) is 0 Å². The largest absolute Gasteiger partial charge is 0.388 e. The Morgan fingerprint density at radius 1 is 1.37 bits per heavy atom. The molecule has 0 amide bonds. The average Bonchev–Trinajstić information content (AvgIpc) is 3.23. The van der Waals surface area contributed by atoms with Crippen molar-refractivity contribution in [1.82, 2.24) is 9.55 Å². The van der Waals surface area contributed by atoms with Gasteiger partial charge in [-0.2, -0.15) is 0 Å². The molecule has 2 fully saturated rings. The molecule has 0 unspecified atom stereocenters. The van der Waals surface area contributed by atoms with Crippen molar-refractivity contribution in [3.63, 3.8) is 0 Å². The molecule has 0 aromatic carbocycles. The van der Waals surface area contributed by atoms with Crippen molar-refractivity contribution in [2.75, 3.05) is 11.9 Å². The predicted octanol–water partition coefficient (Wildman–Crippen LogP) is 1.69. The van der Waals surface area contributed by atoms with Gasteiger partial charge in [0.25, 0.3) is 5.56 Å². The molecule has 1 aromatic rings. The fourth-order valence-corrected chi connectivity index (χ4v) is 2.82. The SMILES string of the molecule is O=c1c(NCC2(O)CCCCC2)nccn1C1CC1. The molecule has 2 saturated carbocycles. The normalized spacial score (nSPS) is 22.2. The van der Waals surface area contributed by atoms with Crippen molar-refractivity contribution in [2.24, 2.45) is 0 Å². The zero-order chi connectivity index (χ0) is 13.3. The van der Waals surface area contributed by atoms with Crippen LogP contribution in [0.2, 0.25) is 0 Å². The summed E-state index contributed by atoms with van der Waals surface area (Å²) in [5.74, 6) is 0.369. The Bertz CT molecular complexity index is 502. The van der Waals surface area contributed by atoms with E-state index in [1.54, 1.807) is 17.0 Å². The van der Waals surface area contributed by atoms with Crippen LogP contribution in [0.15, 0.2) is 17.2 Å². The van der Waals surface area contributed by atoms with Gasteiger partial charge in [-0.05, 0) is 25.7 Å². The molecule has 1 heterocycles. The first-order valence-corrected chi connectivity index (χ1v) is 7.21. The highest BCUT2D eigenvalue weighted by Crippen LogP contribution is 2.33. The summed E-state index contributed by atoms with van der Waals surface area (Å²) in [6.45, 7) is 0.421. The van der Waals surface area contributed by atoms with Gasteiger partial charge in [0.15, 0.2) is 5.82 Å². The Kier molecular flexibility index (Phi) is 3.31. The van der Waals surface area contributed by atoms with Crippen molar-refractivity contribution in [3.05, 3.63) is 22.7 Å². The minimum absolute atomic E-state index is 0.0654. The van der Waals surface area contributed by atoms with E-state index in [-0.39, 0.29) is 5.56 Å². The molecule has 1 aromatic heterocycles. The summed E-state index contributed by atoms with van der Waals surface area (Å²) in [6, 6.07) is 0.355. The maximum Gasteiger partial charge on any atom is 0.293 e. The Labute approximate surface area is 112 Å². The standard InChI is InChI=1S/C14H21N3O2/c18-13-12(15-8-9-17(13)11-4-5-11)16-10-14(19)6-2-1-3-7-14/h8-9,11,19H,1-7,10H2,(H,15,16). The second-order valence-electron chi connectivity index (χ2n) is 5.86. The lowest BCUT2D eigenvalue weighted by atomic mass is 9.85. The van der Waals surface area contributed by atoms with Gasteiger partial charge in [-0.3, -0.25) is 4.79 Å². The fourth-order valence-electron chi connectivity index (χ4n) is 2.82. The maximum absolute atomic E-state index is 12.2. The first-order valence-electron chi connectivity index (χ1n) is 7.21. The molecule has 3 rings (SSSR count). The highest BCUT2D eigenvalue weighted by atomic mass is 16.3. The summed E-state index contributed by atoms with van der Waals surface area (Å²) in [7, 11) is 0. The molecule has 2 aliphatic rings. The van der Waals surface area contributed by atoms with Crippen LogP contribution in [0.5, 0.6) is 0 Å². The van der Waals surface area contributed by atoms with Gasteiger partial charge >= 0.3 is 0 Å². The van der Waals surface area contributed by atoms with Crippen LogP contribution in [0.4, 0.5) is 5.82 Å². The zero-order valence-electron chi connectivity index (χ0n) is 11.1. The van der Waals surface area contributed by atoms with E-state index >= 15 is 0 Å². The number of aromatic nitrogens is 2. The van der Waals surface area contributed by atoms with Crippen LogP contribution in [0, 0.1) is 0 Å². The molecule has 0 aliphatic heterocycles. The van der Waals surface area contributed by atoms with Crippen molar-refractivity contribution in [3.8, 4) is 0 Å². The number of hydrogen-bond acceptors (Lipinski definition) is 4. The van der Waals surface area contributed by atoms with E-state index in [4.69, 9.17) is 0 Å². The van der Waals surface area contributed by atoms with Crippen LogP contribution in [0.3, 0.4) is 0 Å². The monoisotopic (exact) mass is 263 g/mol. The Hall–Kier alpha value is -1.36. The molecule has 2 aliphatic carbocycles. The van der Waals surface area contributed by atoms with E-state index < -0.39 is 5.60 Å². The van der Waals surface area contributed by atoms with Crippen molar-refractivity contribution in [2.45, 2.75) is 56.6 Å². The van der Waals surface area contributed by atoms with E-state index in [0.29, 0.717) is 18.4 Å². The second kappa shape index (κ2) is 4.96. The molecule has 5 nitrogen and oxygen atoms in total. The molecule has 0 saturated heterocycles. The van der Waals surface area contributed by atoms with Gasteiger partial charge < -0.3 is 15.0 Å². The van der Waals surface area contributed by atoms with Gasteiger partial charge in [0.1, 0.15) is 0 Å². The molecule has 0 atom stereocenters. The summed E-state index contributed by atoms with van der Waals surface area (Å²) in [5, 5.41) is 13.5. The smallest absolute Gasteiger partial charge is 0.293 e. The van der Waals surface area contributed by atoms with Gasteiger partial charge in [-0.25, -0.2) is 4.98 Å². The molecule has 19 heavy (non-hydrogen) atoms. The Balaban J connectivity index is 1.69. The highest BCUT2D eigenvalue weighted by molar-refractivity contribution is 5.32. The number of nitrogens with zero attached hydrogens (tertiary/aromatic N) is 2. The first kappa shape index (κ1) is 12.7. The number of rotatable bonds is 4. The lowest BCUT2D eigenvalue weighted by molar-refractivity contribution is 0.0166. The quantitative estimate of drug-likeness (QED) is 0.867. The molecule has 0 bridgehead atoms. The van der Waals surface area contributed by atoms with Crippen LogP contribution in [0.1, 0.15) is 51.0 Å². The Morgan fingerprint density at radius 3 is 2.79 bits per heavy atom. The van der Waals surface area contributed by atoms with Crippen LogP contribution in [-0.2, 0) is 0 Å². The lowest BCUT2D eigenvalue weighted by Gasteiger charge is -2.32. The molecular weight excluding hydrogens is 242 g/mol. The number of anilines is 1. The van der Waals surface area contributed by atoms with Crippen LogP contribution in [-0.4, -0.2) is 26.8 Å². The molecular formula is C14H21N3O2. The topological polar surface area (TPSA) is 67.2 Å². The molecule has 2 N–H and O–H groups in total. The minimum Gasteiger partial charge on any atom is -0.388 e. The van der Waals surface area contributed by atoms with Crippen molar-refractivity contribution >= 4 is 5.82 Å². The first-order chi connectivity index (χ1) is 9.18. The van der Waals surface area contributed by atoms with Crippen LogP contribution < -0.4 is 10.9 Å². The zero-order valence-corrected chi connectivity index (χ0v) is 11.1. The van der Waals surface area contributed by atoms with Gasteiger partial charge in [-0.1, -0.05) is 19.3 Å². The minimum atomic E-state index is -0.674. The van der Waals surface area contributed by atoms with Gasteiger partial charge in [0, 0.05) is 25.0 Å². The summed E-state index contributed by atoms with van der Waals surface area (Å²) in [5.41, 5.74) is -0.739. The van der Waals surface area contributed by atoms with Gasteiger partial charge in [0.05, 0.1) is 5.60 Å². The number of nitrogens with one attached hydrogen (secondary N) is 1. The van der Waals surface area contributed by atoms with Crippen molar-refractivity contribution < 1.29 is 5.11 Å². The third-order valence-electron chi connectivity index (χ3n) is 4.18. The summed E-state index contributed by atoms with van der Waals surface area (Å²) in [6.07, 6.45) is 10.5. The number of hydrogen-bond donors (Lipinski definition) is 2. The van der Waals surface area contributed by atoms with E-state index in [1.807, 2.05) is 0 Å². The fraction of sp³-hybridized carbons (Fsp3) is 0.714. The summed E-state index contributed by atoms with van der Waals surface area (Å²) < 4.78 is 1.75. The molecule has 5 heteroatoms. The molecule has 0 radical (unpaired) electrons. The average molecular weight is 263 g/mol. The summed E-state index contributed by atoms with van der Waals surface area (Å²) in [4.78, 5) is 16.3. The third-order valence-corrected chi connectivity index (χ3v) is 4.18. The predicted molar refractivity (Wildman–Crippen MR) is 73.3 cm³/mol. The van der Waals surface area contributed by atoms with Gasteiger partial charge in [-0.15, -0.1) is 0 Å². The third kappa shape index (κ3) is 2.81. The molecule has 104 valence electrons. The lowest BCUT2D eigenvalue weighted by Crippen LogP contribution is -2.40. The van der Waals surface area contributed by atoms with Crippen LogP contribution >= 0.6 is 0 Å². The van der Waals surface area contributed by atoms with E-state index in [0.717, 1.165) is 38.5 Å². The Morgan fingerprint density at radius 2 is 2.11 bits per heavy atom. The summed E-state index contributed by atoms with van der Waals surface area (Å²) >= 11 is 0.